The van der Waals surface area contributed by atoms with Gasteiger partial charge in [-0.05, 0) is 35.4 Å². The topological polar surface area (TPSA) is 180 Å². The van der Waals surface area contributed by atoms with Gasteiger partial charge in [0.15, 0.2) is 5.69 Å². The first-order valence-electron chi connectivity index (χ1n) is 9.73. The molecule has 2 aromatic heterocycles. The SMILES string of the molecule is Cc1ccc(SCc2c(C(=O)N/N=C\c3ccccc3[N+](=O)[O-])nnn2-c2nonc2N)cc1. The molecule has 0 radical (unpaired) electrons. The molecule has 0 atom stereocenters. The molecule has 14 heteroatoms. The number of hydrogen-bond acceptors (Lipinski definition) is 11. The number of carbonyl (C=O) groups excluding carboxylic acids is 1. The summed E-state index contributed by atoms with van der Waals surface area (Å²) >= 11 is 1.45. The molecule has 4 rings (SSSR count). The first-order valence-corrected chi connectivity index (χ1v) is 10.7. The van der Waals surface area contributed by atoms with Gasteiger partial charge < -0.3 is 5.73 Å². The summed E-state index contributed by atoms with van der Waals surface area (Å²) in [7, 11) is 0. The van der Waals surface area contributed by atoms with Gasteiger partial charge in [-0.2, -0.15) is 9.78 Å². The molecule has 0 fully saturated rings. The van der Waals surface area contributed by atoms with Crippen LogP contribution in [0, 0.1) is 17.0 Å². The van der Waals surface area contributed by atoms with Crippen LogP contribution in [0.2, 0.25) is 0 Å². The summed E-state index contributed by atoms with van der Waals surface area (Å²) in [6.45, 7) is 1.99. The highest BCUT2D eigenvalue weighted by Crippen LogP contribution is 2.26. The maximum atomic E-state index is 12.8. The van der Waals surface area contributed by atoms with Gasteiger partial charge in [-0.1, -0.05) is 35.0 Å². The molecule has 1 amide bonds. The van der Waals surface area contributed by atoms with Crippen LogP contribution in [0.1, 0.15) is 27.3 Å². The minimum absolute atomic E-state index is 0.0205. The Morgan fingerprint density at radius 1 is 1.26 bits per heavy atom. The van der Waals surface area contributed by atoms with Gasteiger partial charge in [0, 0.05) is 16.7 Å². The normalized spacial score (nSPS) is 11.1. The molecule has 0 aliphatic carbocycles. The number of hydrogen-bond donors (Lipinski definition) is 2. The number of aryl methyl sites for hydroxylation is 1. The van der Waals surface area contributed by atoms with Crippen molar-refractivity contribution in [1.82, 2.24) is 30.7 Å². The van der Waals surface area contributed by atoms with Crippen LogP contribution in [0.3, 0.4) is 0 Å². The van der Waals surface area contributed by atoms with E-state index in [0.717, 1.165) is 10.5 Å². The number of hydrazone groups is 1. The number of nitro groups is 1. The van der Waals surface area contributed by atoms with Crippen molar-refractivity contribution in [2.75, 3.05) is 5.73 Å². The molecule has 2 heterocycles. The fourth-order valence-electron chi connectivity index (χ4n) is 2.88. The fraction of sp³-hybridized carbons (Fsp3) is 0.100. The monoisotopic (exact) mass is 479 g/mol. The van der Waals surface area contributed by atoms with Crippen LogP contribution in [0.25, 0.3) is 5.82 Å². The highest BCUT2D eigenvalue weighted by Gasteiger charge is 2.24. The van der Waals surface area contributed by atoms with Crippen LogP contribution in [0.15, 0.2) is 63.2 Å². The average molecular weight is 479 g/mol. The first kappa shape index (κ1) is 22.6. The van der Waals surface area contributed by atoms with Crippen molar-refractivity contribution in [2.45, 2.75) is 17.6 Å². The molecule has 0 bridgehead atoms. The molecule has 0 aliphatic rings. The molecule has 2 aromatic carbocycles. The molecule has 0 saturated heterocycles. The van der Waals surface area contributed by atoms with Gasteiger partial charge in [-0.15, -0.1) is 16.9 Å². The number of rotatable bonds is 8. The van der Waals surface area contributed by atoms with Gasteiger partial charge in [0.1, 0.15) is 0 Å². The van der Waals surface area contributed by atoms with E-state index in [1.165, 1.54) is 40.9 Å². The fourth-order valence-corrected chi connectivity index (χ4v) is 3.77. The lowest BCUT2D eigenvalue weighted by molar-refractivity contribution is -0.385. The Kier molecular flexibility index (Phi) is 6.59. The Morgan fingerprint density at radius 3 is 2.74 bits per heavy atom. The number of nitro benzene ring substituents is 1. The van der Waals surface area contributed by atoms with Crippen molar-refractivity contribution in [3.63, 3.8) is 0 Å². The van der Waals surface area contributed by atoms with E-state index in [1.807, 2.05) is 31.2 Å². The standard InChI is InChI=1S/C20H17N9O4S/c1-12-6-8-14(9-7-12)34-11-16-17(23-27-28(16)19-18(21)25-33-26-19)20(30)24-22-10-13-4-2-3-5-15(13)29(31)32/h2-10H,11H2,1H3,(H2,21,25)(H,24,30)/b22-10-. The lowest BCUT2D eigenvalue weighted by atomic mass is 10.2. The second kappa shape index (κ2) is 9.91. The Balaban J connectivity index is 1.58. The highest BCUT2D eigenvalue weighted by molar-refractivity contribution is 7.98. The maximum Gasteiger partial charge on any atom is 0.293 e. The summed E-state index contributed by atoms with van der Waals surface area (Å²) in [6, 6.07) is 13.9. The zero-order valence-corrected chi connectivity index (χ0v) is 18.5. The predicted molar refractivity (Wildman–Crippen MR) is 123 cm³/mol. The molecule has 34 heavy (non-hydrogen) atoms. The predicted octanol–water partition coefficient (Wildman–Crippen LogP) is 2.51. The Hall–Kier alpha value is -4.59. The smallest absolute Gasteiger partial charge is 0.293 e. The minimum Gasteiger partial charge on any atom is -0.378 e. The third-order valence-corrected chi connectivity index (χ3v) is 5.60. The van der Waals surface area contributed by atoms with E-state index in [4.69, 9.17) is 5.73 Å². The lowest BCUT2D eigenvalue weighted by Gasteiger charge is -2.06. The van der Waals surface area contributed by atoms with Crippen LogP contribution < -0.4 is 11.2 Å². The zero-order valence-electron chi connectivity index (χ0n) is 17.7. The Bertz CT molecular complexity index is 1360. The molecular weight excluding hydrogens is 462 g/mol. The van der Waals surface area contributed by atoms with Gasteiger partial charge in [-0.25, -0.2) is 10.1 Å². The van der Waals surface area contributed by atoms with Crippen molar-refractivity contribution in [3.8, 4) is 5.82 Å². The van der Waals surface area contributed by atoms with E-state index < -0.39 is 10.8 Å². The van der Waals surface area contributed by atoms with Crippen LogP contribution in [0.4, 0.5) is 11.5 Å². The Morgan fingerprint density at radius 2 is 2.03 bits per heavy atom. The lowest BCUT2D eigenvalue weighted by Crippen LogP contribution is -2.20. The Labute approximate surface area is 196 Å². The van der Waals surface area contributed by atoms with Crippen molar-refractivity contribution < 1.29 is 14.3 Å². The van der Waals surface area contributed by atoms with Gasteiger partial charge in [0.2, 0.25) is 11.6 Å². The van der Waals surface area contributed by atoms with Crippen LogP contribution in [-0.4, -0.2) is 42.4 Å². The average Bonchev–Trinajstić information content (AvgIpc) is 3.44. The quantitative estimate of drug-likeness (QED) is 0.165. The van der Waals surface area contributed by atoms with Crippen LogP contribution in [0.5, 0.6) is 0 Å². The van der Waals surface area contributed by atoms with Gasteiger partial charge in [-0.3, -0.25) is 14.9 Å². The second-order valence-corrected chi connectivity index (χ2v) is 7.94. The molecule has 0 aliphatic heterocycles. The van der Waals surface area contributed by atoms with E-state index in [1.54, 1.807) is 6.07 Å². The molecule has 0 unspecified atom stereocenters. The van der Waals surface area contributed by atoms with Crippen molar-refractivity contribution in [3.05, 3.63) is 81.2 Å². The van der Waals surface area contributed by atoms with E-state index in [9.17, 15) is 14.9 Å². The summed E-state index contributed by atoms with van der Waals surface area (Å²) in [5.41, 5.74) is 9.68. The molecule has 0 saturated carbocycles. The molecule has 4 aromatic rings. The second-order valence-electron chi connectivity index (χ2n) is 6.89. The largest absolute Gasteiger partial charge is 0.378 e. The molecular formula is C20H17N9O4S. The number of para-hydroxylation sites is 1. The summed E-state index contributed by atoms with van der Waals surface area (Å²) in [5, 5.41) is 30.2. The number of amides is 1. The van der Waals surface area contributed by atoms with Crippen molar-refractivity contribution >= 4 is 35.4 Å². The van der Waals surface area contributed by atoms with E-state index in [2.05, 4.69) is 35.8 Å². The summed E-state index contributed by atoms with van der Waals surface area (Å²) in [6.07, 6.45) is 1.18. The summed E-state index contributed by atoms with van der Waals surface area (Å²) in [4.78, 5) is 24.4. The number of nitrogens with zero attached hydrogens (tertiary/aromatic N) is 7. The van der Waals surface area contributed by atoms with Crippen LogP contribution in [-0.2, 0) is 5.75 Å². The zero-order chi connectivity index (χ0) is 24.1. The molecule has 13 nitrogen and oxygen atoms in total. The number of benzene rings is 2. The minimum atomic E-state index is -0.671. The van der Waals surface area contributed by atoms with Crippen molar-refractivity contribution in [2.24, 2.45) is 5.10 Å². The van der Waals surface area contributed by atoms with Gasteiger partial charge in [0.25, 0.3) is 11.6 Å². The number of thioether (sulfide) groups is 1. The highest BCUT2D eigenvalue weighted by atomic mass is 32.2. The maximum absolute atomic E-state index is 12.8. The molecule has 172 valence electrons. The summed E-state index contributed by atoms with van der Waals surface area (Å²) in [5.74, 6) is -0.308. The first-order chi connectivity index (χ1) is 16.4. The number of nitrogens with two attached hydrogens (primary N) is 1. The van der Waals surface area contributed by atoms with Gasteiger partial charge >= 0.3 is 0 Å². The molecule has 0 spiro atoms. The van der Waals surface area contributed by atoms with Crippen molar-refractivity contribution in [1.29, 1.82) is 0 Å². The number of carbonyl (C=O) groups is 1. The third-order valence-electron chi connectivity index (χ3n) is 4.57. The third kappa shape index (κ3) is 4.91. The van der Waals surface area contributed by atoms with E-state index >= 15 is 0 Å². The van der Waals surface area contributed by atoms with Gasteiger partial charge in [0.05, 0.1) is 22.4 Å². The number of aromatic nitrogens is 5. The molecule has 3 N–H and O–H groups in total. The number of nitrogen functional groups attached to an aromatic ring is 1. The van der Waals surface area contributed by atoms with Crippen LogP contribution >= 0.6 is 11.8 Å². The van der Waals surface area contributed by atoms with E-state index in [-0.39, 0.29) is 28.6 Å². The number of nitrogens with one attached hydrogen (secondary N) is 1. The number of anilines is 1. The van der Waals surface area contributed by atoms with E-state index in [0.29, 0.717) is 11.4 Å². The summed E-state index contributed by atoms with van der Waals surface area (Å²) < 4.78 is 5.92.